The second-order valence-corrected chi connectivity index (χ2v) is 21.1. The Morgan fingerprint density at radius 2 is 1.04 bits per heavy atom. The van der Waals surface area contributed by atoms with Crippen LogP contribution in [0, 0.1) is 0 Å². The van der Waals surface area contributed by atoms with Crippen molar-refractivity contribution in [1.82, 2.24) is 39.7 Å². The number of halogens is 1. The lowest BCUT2D eigenvalue weighted by atomic mass is 9.98. The number of aromatic nitrogens is 6. The molecule has 0 unspecified atom stereocenters. The number of benzene rings is 6. The fourth-order valence-corrected chi connectivity index (χ4v) is 9.18. The van der Waals surface area contributed by atoms with Gasteiger partial charge in [-0.15, -0.1) is 0 Å². The summed E-state index contributed by atoms with van der Waals surface area (Å²) in [6.45, 7) is 5.60. The molecule has 0 spiro atoms. The predicted molar refractivity (Wildman–Crippen MR) is 343 cm³/mol. The molecule has 19 heteroatoms. The molecule has 0 fully saturated rings. The Morgan fingerprint density at radius 3 is 1.60 bits per heavy atom. The normalized spacial score (nSPS) is 11.3. The maximum atomic E-state index is 13.2. The van der Waals surface area contributed by atoms with Gasteiger partial charge in [0.25, 0.3) is 11.8 Å². The van der Waals surface area contributed by atoms with Crippen molar-refractivity contribution in [1.29, 1.82) is 0 Å². The van der Waals surface area contributed by atoms with Crippen molar-refractivity contribution < 1.29 is 19.2 Å². The lowest BCUT2D eigenvalue weighted by Crippen LogP contribution is -2.26. The van der Waals surface area contributed by atoms with Crippen LogP contribution in [0.25, 0.3) is 44.3 Å². The summed E-state index contributed by atoms with van der Waals surface area (Å²) >= 11 is 6.48. The third-order valence-electron chi connectivity index (χ3n) is 13.3. The molecule has 10 aromatic rings. The van der Waals surface area contributed by atoms with Gasteiger partial charge in [-0.3, -0.25) is 19.2 Å². The average Bonchev–Trinajstić information content (AvgIpc) is 2.67. The van der Waals surface area contributed by atoms with Crippen LogP contribution < -0.4 is 31.5 Å². The molecule has 7 N–H and O–H groups in total. The number of nitrogens with zero attached hydrogens (tertiary/aromatic N) is 7. The van der Waals surface area contributed by atoms with Crippen molar-refractivity contribution in [3.63, 3.8) is 0 Å². The van der Waals surface area contributed by atoms with Gasteiger partial charge in [-0.25, -0.2) is 19.9 Å². The largest absolute Gasteiger partial charge is 0.360 e. The summed E-state index contributed by atoms with van der Waals surface area (Å²) in [6, 6.07) is 44.4. The van der Waals surface area contributed by atoms with Gasteiger partial charge in [-0.2, -0.15) is 0 Å². The Labute approximate surface area is 498 Å². The molecule has 85 heavy (non-hydrogen) atoms. The molecule has 430 valence electrons. The minimum absolute atomic E-state index is 0.194. The molecule has 0 aliphatic rings. The Bertz CT molecular complexity index is 4060. The Morgan fingerprint density at radius 1 is 0.541 bits per heavy atom. The van der Waals surface area contributed by atoms with Crippen molar-refractivity contribution in [3.8, 4) is 22.5 Å². The molecule has 0 aliphatic heterocycles. The molecule has 18 nitrogen and oxygen atoms in total. The lowest BCUT2D eigenvalue weighted by Gasteiger charge is -2.19. The number of carbonyl (C=O) groups excluding carboxylic acids is 4. The first kappa shape index (κ1) is 59.4. The van der Waals surface area contributed by atoms with Gasteiger partial charge in [0.1, 0.15) is 0 Å². The lowest BCUT2D eigenvalue weighted by molar-refractivity contribution is -0.112. The highest BCUT2D eigenvalue weighted by Crippen LogP contribution is 2.35. The number of hydrogen-bond donors (Lipinski definition) is 7. The van der Waals surface area contributed by atoms with Gasteiger partial charge in [-0.1, -0.05) is 86.1 Å². The summed E-state index contributed by atoms with van der Waals surface area (Å²) in [6.07, 6.45) is 13.9. The smallest absolute Gasteiger partial charge is 0.258 e. The van der Waals surface area contributed by atoms with E-state index in [2.05, 4.69) is 71.4 Å². The van der Waals surface area contributed by atoms with Crippen LogP contribution in [-0.2, 0) is 9.59 Å². The Hall–Kier alpha value is -10.3. The second-order valence-electron chi connectivity index (χ2n) is 20.7. The van der Waals surface area contributed by atoms with Gasteiger partial charge in [-0.05, 0) is 137 Å². The third-order valence-corrected chi connectivity index (χ3v) is 13.6. The fourth-order valence-electron chi connectivity index (χ4n) is 8.99. The predicted octanol–water partition coefficient (Wildman–Crippen LogP) is 13.2. The highest BCUT2D eigenvalue weighted by atomic mass is 35.5. The van der Waals surface area contributed by atoms with E-state index in [4.69, 9.17) is 16.6 Å². The van der Waals surface area contributed by atoms with E-state index in [1.165, 1.54) is 12.2 Å². The van der Waals surface area contributed by atoms with Crippen molar-refractivity contribution in [3.05, 3.63) is 216 Å². The molecule has 4 amide bonds. The van der Waals surface area contributed by atoms with E-state index < -0.39 is 0 Å². The Balaban J connectivity index is 0.000000204. The number of rotatable bonds is 19. The van der Waals surface area contributed by atoms with E-state index in [0.29, 0.717) is 75.3 Å². The topological polar surface area (TPSA) is 221 Å². The van der Waals surface area contributed by atoms with E-state index in [0.717, 1.165) is 49.9 Å². The van der Waals surface area contributed by atoms with E-state index in [9.17, 15) is 19.2 Å². The van der Waals surface area contributed by atoms with Crippen molar-refractivity contribution in [2.75, 3.05) is 79.8 Å². The van der Waals surface area contributed by atoms with Crippen LogP contribution in [0.1, 0.15) is 46.0 Å². The van der Waals surface area contributed by atoms with Crippen LogP contribution in [-0.4, -0.2) is 112 Å². The molecule has 0 atom stereocenters. The zero-order valence-electron chi connectivity index (χ0n) is 48.1. The van der Waals surface area contributed by atoms with Gasteiger partial charge in [0.05, 0.1) is 22.6 Å². The number of nitrogens with one attached hydrogen (secondary N) is 7. The molecule has 0 saturated heterocycles. The summed E-state index contributed by atoms with van der Waals surface area (Å²) in [5, 5.41) is 17.6. The van der Waals surface area contributed by atoms with E-state index in [1.54, 1.807) is 78.8 Å². The third kappa shape index (κ3) is 15.6. The summed E-state index contributed by atoms with van der Waals surface area (Å²) < 4.78 is 0. The number of anilines is 8. The molecule has 0 saturated carbocycles. The van der Waals surface area contributed by atoms with Gasteiger partial charge >= 0.3 is 0 Å². The van der Waals surface area contributed by atoms with Gasteiger partial charge < -0.3 is 51.3 Å². The SMILES string of the molecule is CC(C)c1cnc(Nc2cccc(NC(=O)c3ccc(NC(=O)/C=C/CN(C)C)cc3)c2)nc1-c1c[nH]c2ccccc12.CN(C)C/C=C/C(=O)Nc1ccc(C(=O)N(C)c2cccc(Nc3ncc(Cl)c(-c4c[nH]c5ccccc45)n3)c2)cc1. The van der Waals surface area contributed by atoms with Crippen LogP contribution in [0.5, 0.6) is 0 Å². The summed E-state index contributed by atoms with van der Waals surface area (Å²) in [4.78, 5) is 80.9. The molecule has 4 aromatic heterocycles. The maximum Gasteiger partial charge on any atom is 0.258 e. The highest BCUT2D eigenvalue weighted by molar-refractivity contribution is 6.33. The number of para-hydroxylation sites is 2. The van der Waals surface area contributed by atoms with Crippen LogP contribution in [0.2, 0.25) is 5.02 Å². The summed E-state index contributed by atoms with van der Waals surface area (Å²) in [5.74, 6) is 0.171. The molecule has 10 rings (SSSR count). The molecular weight excluding hydrogens is 1090 g/mol. The first-order valence-electron chi connectivity index (χ1n) is 27.4. The van der Waals surface area contributed by atoms with Gasteiger partial charge in [0.15, 0.2) is 0 Å². The van der Waals surface area contributed by atoms with Crippen LogP contribution in [0.15, 0.2) is 195 Å². The number of likely N-dealkylation sites (N-methyl/N-ethyl adjacent to an activating group) is 2. The molecular formula is C66H65ClN14O4. The van der Waals surface area contributed by atoms with Gasteiger partial charge in [0.2, 0.25) is 23.7 Å². The molecule has 0 bridgehead atoms. The summed E-state index contributed by atoms with van der Waals surface area (Å²) in [5.41, 5.74) is 11.4. The standard InChI is InChI=1S/C34H35N7O2.C32H30ClN7O2/c1-22(2)28-20-36-34(40-32(28)29-21-35-30-12-6-5-11-27(29)30)39-26-10-7-9-25(19-26)38-33(43)23-14-16-24(17-15-23)37-31(42)13-8-18-41(3)4;1-39(2)17-7-12-29(41)36-22-15-13-21(14-16-22)31(42)40(3)24-9-6-8-23(18-24)37-32-35-20-27(33)30(38-32)26-19-34-28-11-5-4-10-25(26)28/h5-17,19-22,35H,18H2,1-4H3,(H,37,42)(H,38,43)(H,36,39,40);4-16,18-20,34H,17H2,1-3H3,(H,36,41)(H,35,37,38)/b13-8+;12-7+. The Kier molecular flexibility index (Phi) is 19.3. The zero-order chi connectivity index (χ0) is 60.0. The minimum atomic E-state index is -0.264. The number of carbonyl (C=O) groups is 4. The van der Waals surface area contributed by atoms with E-state index in [-0.39, 0.29) is 29.5 Å². The number of amides is 4. The van der Waals surface area contributed by atoms with Crippen LogP contribution >= 0.6 is 11.6 Å². The van der Waals surface area contributed by atoms with Gasteiger partial charge in [0, 0.05) is 129 Å². The second kappa shape index (κ2) is 27.7. The highest BCUT2D eigenvalue weighted by Gasteiger charge is 2.19. The average molecular weight is 1150 g/mol. The van der Waals surface area contributed by atoms with Crippen LogP contribution in [0.4, 0.5) is 46.0 Å². The zero-order valence-corrected chi connectivity index (χ0v) is 48.9. The first-order valence-corrected chi connectivity index (χ1v) is 27.7. The van der Waals surface area contributed by atoms with Crippen molar-refractivity contribution >= 4 is 103 Å². The monoisotopic (exact) mass is 1150 g/mol. The molecule has 6 aromatic carbocycles. The minimum Gasteiger partial charge on any atom is -0.360 e. The molecule has 0 radical (unpaired) electrons. The maximum absolute atomic E-state index is 13.2. The fraction of sp³-hybridized carbons (Fsp3) is 0.152. The number of fused-ring (bicyclic) bond motifs is 2. The number of aromatic amines is 2. The molecule has 4 heterocycles. The van der Waals surface area contributed by atoms with E-state index in [1.807, 2.05) is 148 Å². The van der Waals surface area contributed by atoms with E-state index >= 15 is 0 Å². The molecule has 0 aliphatic carbocycles. The van der Waals surface area contributed by atoms with Crippen molar-refractivity contribution in [2.24, 2.45) is 0 Å². The number of hydrogen-bond acceptors (Lipinski definition) is 12. The first-order chi connectivity index (χ1) is 41.0. The number of H-pyrrole nitrogens is 2. The quantitative estimate of drug-likeness (QED) is 0.0376. The van der Waals surface area contributed by atoms with Crippen molar-refractivity contribution in [2.45, 2.75) is 19.8 Å². The van der Waals surface area contributed by atoms with Crippen LogP contribution in [0.3, 0.4) is 0 Å². The summed E-state index contributed by atoms with van der Waals surface area (Å²) in [7, 11) is 9.43.